The number of pyridine rings is 1. The Morgan fingerprint density at radius 3 is 2.18 bits per heavy atom. The maximum Gasteiger partial charge on any atom is 0.319 e. The van der Waals surface area contributed by atoms with Gasteiger partial charge in [0.05, 0.1) is 10.6 Å². The number of urea groups is 1. The van der Waals surface area contributed by atoms with Crippen molar-refractivity contribution < 1.29 is 13.2 Å². The van der Waals surface area contributed by atoms with Gasteiger partial charge < -0.3 is 10.6 Å². The molecule has 0 saturated carbocycles. The molecule has 3 rings (SSSR count). The van der Waals surface area contributed by atoms with E-state index in [0.717, 1.165) is 5.56 Å². The Kier molecular flexibility index (Phi) is 6.28. The average Bonchev–Trinajstić information content (AvgIpc) is 2.69. The highest BCUT2D eigenvalue weighted by atomic mass is 35.5. The monoisotopic (exact) mass is 415 g/mol. The molecule has 0 bridgehead atoms. The van der Waals surface area contributed by atoms with E-state index < -0.39 is 9.84 Å². The van der Waals surface area contributed by atoms with Crippen LogP contribution in [-0.4, -0.2) is 19.4 Å². The van der Waals surface area contributed by atoms with E-state index in [1.165, 1.54) is 12.1 Å². The Hall–Kier alpha value is -2.90. The Balaban J connectivity index is 1.57. The van der Waals surface area contributed by atoms with Crippen molar-refractivity contribution >= 4 is 33.2 Å². The summed E-state index contributed by atoms with van der Waals surface area (Å²) in [5.41, 5.74) is 2.13. The smallest absolute Gasteiger partial charge is 0.319 e. The molecule has 0 atom stereocenters. The van der Waals surface area contributed by atoms with Gasteiger partial charge >= 0.3 is 6.03 Å². The van der Waals surface area contributed by atoms with Crippen molar-refractivity contribution in [3.05, 3.63) is 89.2 Å². The molecule has 0 fully saturated rings. The molecule has 3 aromatic rings. The Morgan fingerprint density at radius 1 is 0.893 bits per heavy atom. The average molecular weight is 416 g/mol. The van der Waals surface area contributed by atoms with Gasteiger partial charge in [-0.1, -0.05) is 23.7 Å². The standard InChI is InChI=1S/C20H18ClN3O3S/c21-17-3-7-19(8-4-17)28(26,27)14-16-1-5-18(6-2-16)24-20(25)23-13-15-9-11-22-12-10-15/h1-12H,13-14H2,(H2,23,24,25). The minimum atomic E-state index is -3.47. The fraction of sp³-hybridized carbons (Fsp3) is 0.100. The van der Waals surface area contributed by atoms with Crippen LogP contribution in [0.15, 0.2) is 78.0 Å². The maximum absolute atomic E-state index is 12.5. The highest BCUT2D eigenvalue weighted by molar-refractivity contribution is 7.90. The number of benzene rings is 2. The molecule has 0 unspecified atom stereocenters. The first-order valence-electron chi connectivity index (χ1n) is 8.43. The predicted molar refractivity (Wildman–Crippen MR) is 109 cm³/mol. The summed E-state index contributed by atoms with van der Waals surface area (Å²) < 4.78 is 24.9. The molecule has 0 saturated heterocycles. The minimum Gasteiger partial charge on any atom is -0.334 e. The van der Waals surface area contributed by atoms with Crippen molar-refractivity contribution in [1.29, 1.82) is 0 Å². The molecule has 0 radical (unpaired) electrons. The van der Waals surface area contributed by atoms with Crippen LogP contribution in [0.3, 0.4) is 0 Å². The molecule has 1 aromatic heterocycles. The number of aromatic nitrogens is 1. The van der Waals surface area contributed by atoms with Gasteiger partial charge in [-0.05, 0) is 59.7 Å². The van der Waals surface area contributed by atoms with Gasteiger partial charge in [-0.3, -0.25) is 4.98 Å². The summed E-state index contributed by atoms with van der Waals surface area (Å²) in [5, 5.41) is 5.94. The number of nitrogens with zero attached hydrogens (tertiary/aromatic N) is 1. The Morgan fingerprint density at radius 2 is 1.54 bits per heavy atom. The van der Waals surface area contributed by atoms with Gasteiger partial charge in [0.25, 0.3) is 0 Å². The van der Waals surface area contributed by atoms with Crippen LogP contribution in [0.1, 0.15) is 11.1 Å². The van der Waals surface area contributed by atoms with Crippen LogP contribution < -0.4 is 10.6 Å². The first kappa shape index (κ1) is 19.9. The van der Waals surface area contributed by atoms with Crippen LogP contribution in [0.25, 0.3) is 0 Å². The van der Waals surface area contributed by atoms with E-state index in [0.29, 0.717) is 22.8 Å². The molecule has 2 N–H and O–H groups in total. The molecule has 0 aliphatic rings. The molecular formula is C20H18ClN3O3S. The number of sulfone groups is 1. The Labute approximate surface area is 168 Å². The zero-order chi connectivity index (χ0) is 20.0. The van der Waals surface area contributed by atoms with Crippen molar-refractivity contribution in [3.8, 4) is 0 Å². The van der Waals surface area contributed by atoms with Crippen LogP contribution in [-0.2, 0) is 22.1 Å². The molecule has 6 nitrogen and oxygen atoms in total. The van der Waals surface area contributed by atoms with Crippen LogP contribution >= 0.6 is 11.6 Å². The second-order valence-corrected chi connectivity index (χ2v) is 8.50. The quantitative estimate of drug-likeness (QED) is 0.636. The van der Waals surface area contributed by atoms with Crippen LogP contribution in [0.2, 0.25) is 5.02 Å². The zero-order valence-electron chi connectivity index (χ0n) is 14.8. The van der Waals surface area contributed by atoms with E-state index in [4.69, 9.17) is 11.6 Å². The van der Waals surface area contributed by atoms with Crippen LogP contribution in [0, 0.1) is 0 Å². The molecular weight excluding hydrogens is 398 g/mol. The minimum absolute atomic E-state index is 0.136. The molecule has 28 heavy (non-hydrogen) atoms. The lowest BCUT2D eigenvalue weighted by Crippen LogP contribution is -2.28. The fourth-order valence-electron chi connectivity index (χ4n) is 2.49. The molecule has 144 valence electrons. The van der Waals surface area contributed by atoms with Crippen molar-refractivity contribution in [3.63, 3.8) is 0 Å². The van der Waals surface area contributed by atoms with E-state index in [1.54, 1.807) is 48.8 Å². The third kappa shape index (κ3) is 5.55. The molecule has 0 aliphatic heterocycles. The first-order chi connectivity index (χ1) is 13.4. The largest absolute Gasteiger partial charge is 0.334 e. The number of hydrogen-bond acceptors (Lipinski definition) is 4. The number of hydrogen-bond donors (Lipinski definition) is 2. The summed E-state index contributed by atoms with van der Waals surface area (Å²) in [4.78, 5) is 16.1. The highest BCUT2D eigenvalue weighted by Crippen LogP contribution is 2.20. The number of carbonyl (C=O) groups excluding carboxylic acids is 1. The number of carbonyl (C=O) groups is 1. The van der Waals surface area contributed by atoms with E-state index >= 15 is 0 Å². The van der Waals surface area contributed by atoms with E-state index in [2.05, 4.69) is 15.6 Å². The van der Waals surface area contributed by atoms with Gasteiger partial charge in [0.15, 0.2) is 9.84 Å². The van der Waals surface area contributed by atoms with Gasteiger partial charge in [-0.2, -0.15) is 0 Å². The summed E-state index contributed by atoms with van der Waals surface area (Å²) >= 11 is 5.80. The molecule has 0 spiro atoms. The van der Waals surface area contributed by atoms with Gasteiger partial charge in [-0.15, -0.1) is 0 Å². The third-order valence-corrected chi connectivity index (χ3v) is 5.90. The number of nitrogens with one attached hydrogen (secondary N) is 2. The van der Waals surface area contributed by atoms with Crippen molar-refractivity contribution in [1.82, 2.24) is 10.3 Å². The van der Waals surface area contributed by atoms with E-state index in [1.807, 2.05) is 12.1 Å². The van der Waals surface area contributed by atoms with Crippen molar-refractivity contribution in [2.24, 2.45) is 0 Å². The number of rotatable bonds is 6. The van der Waals surface area contributed by atoms with Gasteiger partial charge in [0.2, 0.25) is 0 Å². The van der Waals surface area contributed by atoms with Crippen molar-refractivity contribution in [2.45, 2.75) is 17.2 Å². The normalized spacial score (nSPS) is 11.0. The van der Waals surface area contributed by atoms with Crippen LogP contribution in [0.4, 0.5) is 10.5 Å². The van der Waals surface area contributed by atoms with Crippen molar-refractivity contribution in [2.75, 3.05) is 5.32 Å². The lowest BCUT2D eigenvalue weighted by atomic mass is 10.2. The number of halogens is 1. The van der Waals surface area contributed by atoms with Gasteiger partial charge in [-0.25, -0.2) is 13.2 Å². The van der Waals surface area contributed by atoms with E-state index in [9.17, 15) is 13.2 Å². The SMILES string of the molecule is O=C(NCc1ccncc1)Nc1ccc(CS(=O)(=O)c2ccc(Cl)cc2)cc1. The highest BCUT2D eigenvalue weighted by Gasteiger charge is 2.15. The first-order valence-corrected chi connectivity index (χ1v) is 10.5. The second-order valence-electron chi connectivity index (χ2n) is 6.07. The molecule has 2 amide bonds. The summed E-state index contributed by atoms with van der Waals surface area (Å²) in [7, 11) is -3.47. The summed E-state index contributed by atoms with van der Waals surface area (Å²) in [6, 6.07) is 16.0. The molecule has 8 heteroatoms. The second kappa shape index (κ2) is 8.86. The number of anilines is 1. The summed E-state index contributed by atoms with van der Waals surface area (Å²) in [5.74, 6) is -0.136. The fourth-order valence-corrected chi connectivity index (χ4v) is 3.96. The summed E-state index contributed by atoms with van der Waals surface area (Å²) in [6.45, 7) is 0.381. The predicted octanol–water partition coefficient (Wildman–Crippen LogP) is 4.03. The Bertz CT molecular complexity index is 1040. The topological polar surface area (TPSA) is 88.2 Å². The van der Waals surface area contributed by atoms with Gasteiger partial charge in [0, 0.05) is 29.6 Å². The third-order valence-electron chi connectivity index (χ3n) is 3.94. The maximum atomic E-state index is 12.5. The van der Waals surface area contributed by atoms with Gasteiger partial charge in [0.1, 0.15) is 0 Å². The van der Waals surface area contributed by atoms with Crippen LogP contribution in [0.5, 0.6) is 0 Å². The molecule has 0 aliphatic carbocycles. The zero-order valence-corrected chi connectivity index (χ0v) is 16.4. The lowest BCUT2D eigenvalue weighted by Gasteiger charge is -2.09. The number of amides is 2. The molecule has 1 heterocycles. The van der Waals surface area contributed by atoms with E-state index in [-0.39, 0.29) is 16.7 Å². The summed E-state index contributed by atoms with van der Waals surface area (Å²) in [6.07, 6.45) is 3.32. The lowest BCUT2D eigenvalue weighted by molar-refractivity contribution is 0.251. The molecule has 2 aromatic carbocycles.